The summed E-state index contributed by atoms with van der Waals surface area (Å²) in [4.78, 5) is 0.189. The summed E-state index contributed by atoms with van der Waals surface area (Å²) in [7, 11) is -3.76. The number of benzene rings is 3. The summed E-state index contributed by atoms with van der Waals surface area (Å²) in [6, 6.07) is 22.7. The third-order valence-electron chi connectivity index (χ3n) is 5.92. The molecule has 2 aliphatic heterocycles. The normalized spacial score (nSPS) is 25.9. The number of hydrogen-bond acceptors (Lipinski definition) is 5. The standard InChI is InChI=1S/C22H19NO4S/c24-22-14-16-8-4-5-11-18(16)21(23(22)25,19-12-6-7-13-20(19)22)15-28(26,27)17-9-2-1-3-10-17/h1-13,24-25H,14-15H2. The van der Waals surface area contributed by atoms with E-state index >= 15 is 0 Å². The van der Waals surface area contributed by atoms with Gasteiger partial charge in [-0.15, -0.1) is 5.06 Å². The van der Waals surface area contributed by atoms with Crippen LogP contribution < -0.4 is 0 Å². The molecule has 0 amide bonds. The van der Waals surface area contributed by atoms with Crippen LogP contribution in [0.25, 0.3) is 0 Å². The van der Waals surface area contributed by atoms with Gasteiger partial charge in [-0.2, -0.15) is 0 Å². The lowest BCUT2D eigenvalue weighted by molar-refractivity contribution is -0.301. The average molecular weight is 393 g/mol. The Balaban J connectivity index is 1.80. The molecule has 3 aromatic carbocycles. The van der Waals surface area contributed by atoms with Crippen molar-refractivity contribution < 1.29 is 18.7 Å². The maximum absolute atomic E-state index is 13.3. The molecule has 0 spiro atoms. The van der Waals surface area contributed by atoms with Gasteiger partial charge in [0.15, 0.2) is 15.6 Å². The number of fused-ring (bicyclic) bond motifs is 7. The topological polar surface area (TPSA) is 77.8 Å². The zero-order chi connectivity index (χ0) is 19.6. The van der Waals surface area contributed by atoms with Crippen LogP contribution in [-0.2, 0) is 27.5 Å². The van der Waals surface area contributed by atoms with E-state index in [1.54, 1.807) is 54.6 Å². The minimum Gasteiger partial charge on any atom is -0.369 e. The summed E-state index contributed by atoms with van der Waals surface area (Å²) in [6.07, 6.45) is 0.184. The zero-order valence-electron chi connectivity index (χ0n) is 15.0. The molecule has 5 rings (SSSR count). The molecule has 3 aromatic rings. The highest BCUT2D eigenvalue weighted by Crippen LogP contribution is 2.57. The van der Waals surface area contributed by atoms with Gasteiger partial charge in [0.1, 0.15) is 5.54 Å². The van der Waals surface area contributed by atoms with Crippen LogP contribution in [0, 0.1) is 0 Å². The Morgan fingerprint density at radius 2 is 1.39 bits per heavy atom. The van der Waals surface area contributed by atoms with Crippen molar-refractivity contribution in [2.45, 2.75) is 22.6 Å². The van der Waals surface area contributed by atoms with Gasteiger partial charge in [0.25, 0.3) is 0 Å². The van der Waals surface area contributed by atoms with Gasteiger partial charge in [0.05, 0.1) is 10.6 Å². The predicted molar refractivity (Wildman–Crippen MR) is 103 cm³/mol. The molecule has 0 saturated carbocycles. The maximum Gasteiger partial charge on any atom is 0.180 e. The van der Waals surface area contributed by atoms with Crippen molar-refractivity contribution in [1.29, 1.82) is 0 Å². The van der Waals surface area contributed by atoms with Gasteiger partial charge in [-0.05, 0) is 28.8 Å². The Bertz CT molecular complexity index is 1180. The zero-order valence-corrected chi connectivity index (χ0v) is 15.8. The molecule has 2 aliphatic rings. The number of hydrogen-bond donors (Lipinski definition) is 2. The minimum absolute atomic E-state index is 0.184. The molecule has 5 nitrogen and oxygen atoms in total. The van der Waals surface area contributed by atoms with Crippen LogP contribution in [0.15, 0.2) is 83.8 Å². The lowest BCUT2D eigenvalue weighted by Crippen LogP contribution is -2.57. The first-order valence-electron chi connectivity index (χ1n) is 9.07. The van der Waals surface area contributed by atoms with Crippen molar-refractivity contribution in [1.82, 2.24) is 5.06 Å². The second-order valence-corrected chi connectivity index (χ2v) is 9.43. The lowest BCUT2D eigenvalue weighted by Gasteiger charge is -2.45. The van der Waals surface area contributed by atoms with Gasteiger partial charge in [-0.25, -0.2) is 8.42 Å². The number of hydroxylamine groups is 2. The molecule has 2 unspecified atom stereocenters. The van der Waals surface area contributed by atoms with Crippen molar-refractivity contribution in [3.05, 3.63) is 101 Å². The quantitative estimate of drug-likeness (QED) is 0.716. The Labute approximate surface area is 163 Å². The fourth-order valence-corrected chi connectivity index (χ4v) is 6.43. The number of aliphatic hydroxyl groups is 1. The molecule has 0 fully saturated rings. The number of rotatable bonds is 3. The SMILES string of the molecule is O=S(=O)(CC12c3ccccc3CC(O)(c3ccccc31)N2O)c1ccccc1. The van der Waals surface area contributed by atoms with E-state index in [9.17, 15) is 18.7 Å². The molecule has 28 heavy (non-hydrogen) atoms. The largest absolute Gasteiger partial charge is 0.369 e. The highest BCUT2D eigenvalue weighted by atomic mass is 32.2. The Morgan fingerprint density at radius 1 is 0.821 bits per heavy atom. The molecule has 2 bridgehead atoms. The summed E-state index contributed by atoms with van der Waals surface area (Å²) in [5.74, 6) is -0.378. The molecule has 2 heterocycles. The summed E-state index contributed by atoms with van der Waals surface area (Å²) >= 11 is 0. The molecule has 0 radical (unpaired) electrons. The average Bonchev–Trinajstić information content (AvgIpc) is 2.83. The van der Waals surface area contributed by atoms with Crippen LogP contribution in [0.3, 0.4) is 0 Å². The van der Waals surface area contributed by atoms with Crippen molar-refractivity contribution >= 4 is 9.84 Å². The fraction of sp³-hybridized carbons (Fsp3) is 0.182. The van der Waals surface area contributed by atoms with Crippen molar-refractivity contribution in [2.24, 2.45) is 0 Å². The molecular formula is C22H19NO4S. The van der Waals surface area contributed by atoms with E-state index in [2.05, 4.69) is 0 Å². The smallest absolute Gasteiger partial charge is 0.180 e. The summed E-state index contributed by atoms with van der Waals surface area (Å²) in [6.45, 7) is 0. The van der Waals surface area contributed by atoms with E-state index < -0.39 is 21.1 Å². The Kier molecular flexibility index (Phi) is 3.61. The summed E-state index contributed by atoms with van der Waals surface area (Å²) < 4.78 is 26.7. The van der Waals surface area contributed by atoms with Gasteiger partial charge >= 0.3 is 0 Å². The Morgan fingerprint density at radius 3 is 2.11 bits per heavy atom. The molecule has 2 N–H and O–H groups in total. The first-order chi connectivity index (χ1) is 13.4. The highest BCUT2D eigenvalue weighted by molar-refractivity contribution is 7.91. The molecule has 0 aromatic heterocycles. The van der Waals surface area contributed by atoms with E-state index in [0.29, 0.717) is 16.7 Å². The molecular weight excluding hydrogens is 374 g/mol. The van der Waals surface area contributed by atoms with Crippen LogP contribution in [0.4, 0.5) is 0 Å². The second kappa shape index (κ2) is 5.75. The van der Waals surface area contributed by atoms with E-state index in [-0.39, 0.29) is 17.1 Å². The third-order valence-corrected chi connectivity index (χ3v) is 7.71. The number of nitrogens with zero attached hydrogens (tertiary/aromatic N) is 1. The predicted octanol–water partition coefficient (Wildman–Crippen LogP) is 2.81. The minimum atomic E-state index is -3.76. The monoisotopic (exact) mass is 393 g/mol. The molecule has 0 aliphatic carbocycles. The van der Waals surface area contributed by atoms with E-state index in [1.807, 2.05) is 24.3 Å². The third kappa shape index (κ3) is 2.14. The van der Waals surface area contributed by atoms with Crippen molar-refractivity contribution in [3.63, 3.8) is 0 Å². The maximum atomic E-state index is 13.3. The highest BCUT2D eigenvalue weighted by Gasteiger charge is 2.63. The summed E-state index contributed by atoms with van der Waals surface area (Å²) in [5, 5.41) is 23.5. The molecule has 6 heteroatoms. The van der Waals surface area contributed by atoms with Gasteiger partial charge in [-0.3, -0.25) is 0 Å². The first-order valence-corrected chi connectivity index (χ1v) is 10.7. The van der Waals surface area contributed by atoms with Gasteiger partial charge in [0, 0.05) is 12.0 Å². The molecule has 0 saturated heterocycles. The van der Waals surface area contributed by atoms with Crippen LogP contribution >= 0.6 is 0 Å². The van der Waals surface area contributed by atoms with Crippen LogP contribution in [0.2, 0.25) is 0 Å². The fourth-order valence-electron chi connectivity index (χ4n) is 4.71. The van der Waals surface area contributed by atoms with E-state index in [0.717, 1.165) is 10.6 Å². The van der Waals surface area contributed by atoms with Crippen LogP contribution in [0.5, 0.6) is 0 Å². The van der Waals surface area contributed by atoms with Crippen molar-refractivity contribution in [3.8, 4) is 0 Å². The van der Waals surface area contributed by atoms with Crippen molar-refractivity contribution in [2.75, 3.05) is 5.75 Å². The summed E-state index contributed by atoms with van der Waals surface area (Å²) in [5.41, 5.74) is -0.366. The van der Waals surface area contributed by atoms with Gasteiger partial charge in [-0.1, -0.05) is 66.7 Å². The van der Waals surface area contributed by atoms with Crippen LogP contribution in [0.1, 0.15) is 22.3 Å². The Hall–Kier alpha value is -2.51. The molecule has 142 valence electrons. The lowest BCUT2D eigenvalue weighted by atomic mass is 9.81. The van der Waals surface area contributed by atoms with E-state index in [1.165, 1.54) is 0 Å². The van der Waals surface area contributed by atoms with Gasteiger partial charge in [0.2, 0.25) is 0 Å². The van der Waals surface area contributed by atoms with Crippen LogP contribution in [-0.4, -0.2) is 29.5 Å². The first kappa shape index (κ1) is 17.6. The van der Waals surface area contributed by atoms with Gasteiger partial charge < -0.3 is 10.3 Å². The number of sulfone groups is 1. The second-order valence-electron chi connectivity index (χ2n) is 7.44. The van der Waals surface area contributed by atoms with E-state index in [4.69, 9.17) is 0 Å². The molecule has 2 atom stereocenters.